The zero-order valence-electron chi connectivity index (χ0n) is 15.3. The van der Waals surface area contributed by atoms with Gasteiger partial charge in [-0.2, -0.15) is 12.6 Å². The molecule has 2 aromatic carbocycles. The lowest BCUT2D eigenvalue weighted by molar-refractivity contribution is -0.118. The highest BCUT2D eigenvalue weighted by Crippen LogP contribution is 2.14. The monoisotopic (exact) mass is 386 g/mol. The number of nitrogens with one attached hydrogen (secondary N) is 2. The summed E-state index contributed by atoms with van der Waals surface area (Å²) in [5.74, 6) is 0.982. The summed E-state index contributed by atoms with van der Waals surface area (Å²) in [7, 11) is 0. The van der Waals surface area contributed by atoms with Crippen LogP contribution < -0.4 is 15.4 Å². The maximum atomic E-state index is 12.0. The number of carbonyl (C=O) groups excluding carboxylic acids is 2. The van der Waals surface area contributed by atoms with Gasteiger partial charge in [0, 0.05) is 18.7 Å². The van der Waals surface area contributed by atoms with Gasteiger partial charge in [-0.15, -0.1) is 0 Å². The van der Waals surface area contributed by atoms with Crippen molar-refractivity contribution in [3.05, 3.63) is 60.2 Å². The first-order valence-electron chi connectivity index (χ1n) is 9.11. The molecule has 0 heterocycles. The van der Waals surface area contributed by atoms with E-state index in [1.807, 2.05) is 54.6 Å². The van der Waals surface area contributed by atoms with Crippen molar-refractivity contribution in [1.82, 2.24) is 5.32 Å². The molecule has 0 aromatic heterocycles. The van der Waals surface area contributed by atoms with E-state index in [-0.39, 0.29) is 17.6 Å². The summed E-state index contributed by atoms with van der Waals surface area (Å²) in [6.45, 7) is 1.12. The number of benzene rings is 2. The predicted octanol–water partition coefficient (Wildman–Crippen LogP) is 3.81. The molecule has 0 aliphatic rings. The zero-order chi connectivity index (χ0) is 19.3. The van der Waals surface area contributed by atoms with Crippen molar-refractivity contribution in [2.45, 2.75) is 32.3 Å². The number of thiol groups is 1. The molecule has 0 bridgehead atoms. The molecule has 5 nitrogen and oxygen atoms in total. The molecule has 0 aliphatic carbocycles. The molecule has 27 heavy (non-hydrogen) atoms. The van der Waals surface area contributed by atoms with Gasteiger partial charge < -0.3 is 15.4 Å². The average Bonchev–Trinajstić information content (AvgIpc) is 2.70. The minimum absolute atomic E-state index is 0.00248. The molecule has 0 spiro atoms. The molecule has 0 saturated heterocycles. The van der Waals surface area contributed by atoms with Crippen LogP contribution in [0.15, 0.2) is 54.6 Å². The molecular weight excluding hydrogens is 360 g/mol. The van der Waals surface area contributed by atoms with E-state index in [2.05, 4.69) is 23.3 Å². The van der Waals surface area contributed by atoms with Crippen molar-refractivity contribution in [3.8, 4) is 5.75 Å². The third kappa shape index (κ3) is 8.64. The first-order chi connectivity index (χ1) is 13.2. The number of amides is 2. The molecule has 0 aliphatic heterocycles. The maximum Gasteiger partial charge on any atom is 0.229 e. The van der Waals surface area contributed by atoms with Crippen LogP contribution in [0, 0.1) is 0 Å². The van der Waals surface area contributed by atoms with E-state index in [0.717, 1.165) is 36.3 Å². The Balaban J connectivity index is 1.62. The van der Waals surface area contributed by atoms with Crippen LogP contribution in [0.2, 0.25) is 0 Å². The number of unbranched alkanes of at least 4 members (excludes halogenated alkanes) is 2. The molecule has 0 unspecified atom stereocenters. The summed E-state index contributed by atoms with van der Waals surface area (Å²) in [5.41, 5.74) is 1.82. The number of rotatable bonds is 11. The number of hydrogen-bond acceptors (Lipinski definition) is 4. The van der Waals surface area contributed by atoms with Crippen molar-refractivity contribution < 1.29 is 14.3 Å². The average molecular weight is 387 g/mol. The molecule has 0 fully saturated rings. The fraction of sp³-hybridized carbons (Fsp3) is 0.333. The first-order valence-corrected chi connectivity index (χ1v) is 9.75. The fourth-order valence-electron chi connectivity index (χ4n) is 2.46. The molecule has 6 heteroatoms. The van der Waals surface area contributed by atoms with Gasteiger partial charge in [0.1, 0.15) is 12.4 Å². The predicted molar refractivity (Wildman–Crippen MR) is 111 cm³/mol. The maximum absolute atomic E-state index is 12.0. The summed E-state index contributed by atoms with van der Waals surface area (Å²) in [5, 5.41) is 5.66. The normalized spacial score (nSPS) is 10.3. The smallest absolute Gasteiger partial charge is 0.229 e. The van der Waals surface area contributed by atoms with E-state index < -0.39 is 0 Å². The van der Waals surface area contributed by atoms with E-state index in [1.165, 1.54) is 0 Å². The van der Waals surface area contributed by atoms with Crippen molar-refractivity contribution in [3.63, 3.8) is 0 Å². The number of anilines is 1. The first kappa shape index (κ1) is 20.8. The SMILES string of the molecule is O=C(CS)NCCCCCC(=O)Nc1ccc(COc2ccccc2)cc1. The van der Waals surface area contributed by atoms with Gasteiger partial charge in [0.2, 0.25) is 11.8 Å². The summed E-state index contributed by atoms with van der Waals surface area (Å²) in [4.78, 5) is 23.0. The van der Waals surface area contributed by atoms with Crippen molar-refractivity contribution in [2.24, 2.45) is 0 Å². The molecule has 0 radical (unpaired) electrons. The van der Waals surface area contributed by atoms with E-state index in [0.29, 0.717) is 19.6 Å². The van der Waals surface area contributed by atoms with Crippen LogP contribution in [0.25, 0.3) is 0 Å². The number of ether oxygens (including phenoxy) is 1. The third-order valence-electron chi connectivity index (χ3n) is 3.93. The summed E-state index contributed by atoms with van der Waals surface area (Å²) in [6.07, 6.45) is 3.03. The Morgan fingerprint density at radius 1 is 0.889 bits per heavy atom. The van der Waals surface area contributed by atoms with Crippen LogP contribution in [0.1, 0.15) is 31.2 Å². The lowest BCUT2D eigenvalue weighted by Crippen LogP contribution is -2.25. The molecule has 0 atom stereocenters. The van der Waals surface area contributed by atoms with Crippen molar-refractivity contribution in [1.29, 1.82) is 0 Å². The molecular formula is C21H26N2O3S. The highest BCUT2D eigenvalue weighted by atomic mass is 32.1. The minimum atomic E-state index is -0.0614. The largest absolute Gasteiger partial charge is 0.489 e. The molecule has 2 rings (SSSR count). The van der Waals surface area contributed by atoms with E-state index in [9.17, 15) is 9.59 Å². The zero-order valence-corrected chi connectivity index (χ0v) is 16.2. The van der Waals surface area contributed by atoms with Crippen LogP contribution in [0.3, 0.4) is 0 Å². The Hall–Kier alpha value is -2.47. The fourth-order valence-corrected chi connectivity index (χ4v) is 2.57. The Morgan fingerprint density at radius 3 is 2.33 bits per heavy atom. The highest BCUT2D eigenvalue weighted by Gasteiger charge is 2.03. The highest BCUT2D eigenvalue weighted by molar-refractivity contribution is 7.81. The van der Waals surface area contributed by atoms with Gasteiger partial charge in [-0.1, -0.05) is 36.8 Å². The van der Waals surface area contributed by atoms with Crippen LogP contribution >= 0.6 is 12.6 Å². The molecule has 2 amide bonds. The number of hydrogen-bond donors (Lipinski definition) is 3. The van der Waals surface area contributed by atoms with Crippen LogP contribution in [-0.4, -0.2) is 24.1 Å². The second-order valence-electron chi connectivity index (χ2n) is 6.17. The minimum Gasteiger partial charge on any atom is -0.489 e. The van der Waals surface area contributed by atoms with Crippen LogP contribution in [-0.2, 0) is 16.2 Å². The summed E-state index contributed by atoms with van der Waals surface area (Å²) < 4.78 is 5.70. The van der Waals surface area contributed by atoms with Gasteiger partial charge in [0.15, 0.2) is 0 Å². The van der Waals surface area contributed by atoms with Crippen LogP contribution in [0.5, 0.6) is 5.75 Å². The molecule has 2 N–H and O–H groups in total. The second kappa shape index (κ2) is 12.0. The second-order valence-corrected chi connectivity index (χ2v) is 6.48. The van der Waals surface area contributed by atoms with Crippen molar-refractivity contribution in [2.75, 3.05) is 17.6 Å². The Morgan fingerprint density at radius 2 is 1.63 bits per heavy atom. The van der Waals surface area contributed by atoms with Gasteiger partial charge in [-0.25, -0.2) is 0 Å². The van der Waals surface area contributed by atoms with Gasteiger partial charge in [-0.05, 0) is 42.7 Å². The molecule has 2 aromatic rings. The lowest BCUT2D eigenvalue weighted by atomic mass is 10.1. The van der Waals surface area contributed by atoms with E-state index in [1.54, 1.807) is 0 Å². The topological polar surface area (TPSA) is 67.4 Å². The number of carbonyl (C=O) groups is 2. The van der Waals surface area contributed by atoms with Gasteiger partial charge in [0.05, 0.1) is 5.75 Å². The van der Waals surface area contributed by atoms with E-state index in [4.69, 9.17) is 4.74 Å². The Kier molecular flexibility index (Phi) is 9.27. The van der Waals surface area contributed by atoms with Crippen molar-refractivity contribution >= 4 is 30.1 Å². The van der Waals surface area contributed by atoms with Gasteiger partial charge in [0.25, 0.3) is 0 Å². The van der Waals surface area contributed by atoms with E-state index >= 15 is 0 Å². The Bertz CT molecular complexity index is 705. The quantitative estimate of drug-likeness (QED) is 0.406. The van der Waals surface area contributed by atoms with Gasteiger partial charge >= 0.3 is 0 Å². The lowest BCUT2D eigenvalue weighted by Gasteiger charge is -2.08. The third-order valence-corrected chi connectivity index (χ3v) is 4.22. The van der Waals surface area contributed by atoms with Crippen LogP contribution in [0.4, 0.5) is 5.69 Å². The summed E-state index contributed by atoms with van der Waals surface area (Å²) >= 11 is 3.90. The number of para-hydroxylation sites is 1. The summed E-state index contributed by atoms with van der Waals surface area (Å²) in [6, 6.07) is 17.3. The van der Waals surface area contributed by atoms with Gasteiger partial charge in [-0.3, -0.25) is 9.59 Å². The Labute approximate surface area is 165 Å². The molecule has 0 saturated carbocycles. The standard InChI is InChI=1S/C21H26N2O3S/c24-20(9-5-2-6-14-22-21(25)16-27)23-18-12-10-17(11-13-18)15-26-19-7-3-1-4-8-19/h1,3-4,7-8,10-13,27H,2,5-6,9,14-16H2,(H,22,25)(H,23,24). The molecule has 144 valence electrons.